The number of hydrogen-bond donors (Lipinski definition) is 2. The zero-order valence-electron chi connectivity index (χ0n) is 10.2. The molecule has 2 atom stereocenters. The standard InChI is InChI=1S/C13H17N3O2/c17-11-6-2-1-4-9(11)8-12-15-13(16-18-12)10-5-3-7-14-10/h3,5,7,9,11,14,17H,1-2,4,6,8H2. The zero-order chi connectivity index (χ0) is 12.4. The van der Waals surface area contributed by atoms with Gasteiger partial charge in [-0.2, -0.15) is 4.98 Å². The maximum atomic E-state index is 9.93. The van der Waals surface area contributed by atoms with Gasteiger partial charge in [-0.1, -0.05) is 18.0 Å². The summed E-state index contributed by atoms with van der Waals surface area (Å²) >= 11 is 0. The van der Waals surface area contributed by atoms with E-state index in [1.54, 1.807) is 0 Å². The van der Waals surface area contributed by atoms with Crippen molar-refractivity contribution in [2.45, 2.75) is 38.2 Å². The third-order valence-corrected chi connectivity index (χ3v) is 3.61. The molecule has 5 heteroatoms. The lowest BCUT2D eigenvalue weighted by Gasteiger charge is -2.26. The minimum Gasteiger partial charge on any atom is -0.393 e. The SMILES string of the molecule is OC1CCCCC1Cc1nc(-c2ccc[nH]2)no1. The fraction of sp³-hybridized carbons (Fsp3) is 0.538. The van der Waals surface area contributed by atoms with Crippen molar-refractivity contribution in [3.63, 3.8) is 0 Å². The summed E-state index contributed by atoms with van der Waals surface area (Å²) in [5.74, 6) is 1.46. The van der Waals surface area contributed by atoms with E-state index < -0.39 is 0 Å². The Morgan fingerprint density at radius 2 is 2.28 bits per heavy atom. The monoisotopic (exact) mass is 247 g/mol. The number of aromatic nitrogens is 3. The minimum atomic E-state index is -0.223. The number of hydrogen-bond acceptors (Lipinski definition) is 4. The van der Waals surface area contributed by atoms with E-state index in [0.29, 0.717) is 18.1 Å². The highest BCUT2D eigenvalue weighted by Crippen LogP contribution is 2.27. The Labute approximate surface area is 105 Å². The highest BCUT2D eigenvalue weighted by atomic mass is 16.5. The molecular weight excluding hydrogens is 230 g/mol. The molecule has 3 rings (SSSR count). The maximum absolute atomic E-state index is 9.93. The van der Waals surface area contributed by atoms with Crippen molar-refractivity contribution in [2.75, 3.05) is 0 Å². The van der Waals surface area contributed by atoms with Crippen LogP contribution in [-0.2, 0) is 6.42 Å². The quantitative estimate of drug-likeness (QED) is 0.871. The minimum absolute atomic E-state index is 0.223. The smallest absolute Gasteiger partial charge is 0.227 e. The summed E-state index contributed by atoms with van der Waals surface area (Å²) in [5, 5.41) is 13.9. The van der Waals surface area contributed by atoms with Crippen molar-refractivity contribution in [1.82, 2.24) is 15.1 Å². The Balaban J connectivity index is 1.70. The molecule has 5 nitrogen and oxygen atoms in total. The second kappa shape index (κ2) is 4.94. The van der Waals surface area contributed by atoms with Crippen molar-refractivity contribution in [2.24, 2.45) is 5.92 Å². The van der Waals surface area contributed by atoms with Gasteiger partial charge in [0.1, 0.15) is 0 Å². The fourth-order valence-electron chi connectivity index (χ4n) is 2.57. The summed E-state index contributed by atoms with van der Waals surface area (Å²) < 4.78 is 5.25. The molecule has 0 saturated heterocycles. The van der Waals surface area contributed by atoms with Gasteiger partial charge in [-0.25, -0.2) is 0 Å². The predicted molar refractivity (Wildman–Crippen MR) is 65.8 cm³/mol. The van der Waals surface area contributed by atoms with Gasteiger partial charge in [0.15, 0.2) is 0 Å². The van der Waals surface area contributed by atoms with E-state index in [1.165, 1.54) is 6.42 Å². The number of aromatic amines is 1. The molecule has 2 unspecified atom stereocenters. The van der Waals surface area contributed by atoms with Gasteiger partial charge in [0.25, 0.3) is 0 Å². The number of nitrogens with zero attached hydrogens (tertiary/aromatic N) is 2. The lowest BCUT2D eigenvalue weighted by molar-refractivity contribution is 0.0657. The molecule has 1 fully saturated rings. The summed E-state index contributed by atoms with van der Waals surface area (Å²) in [7, 11) is 0. The van der Waals surface area contributed by atoms with Crippen LogP contribution in [0.3, 0.4) is 0 Å². The molecule has 2 aromatic heterocycles. The van der Waals surface area contributed by atoms with Crippen LogP contribution in [0.2, 0.25) is 0 Å². The molecule has 1 saturated carbocycles. The molecule has 96 valence electrons. The van der Waals surface area contributed by atoms with Gasteiger partial charge in [0.2, 0.25) is 11.7 Å². The molecular formula is C13H17N3O2. The molecule has 1 aliphatic carbocycles. The molecule has 0 aliphatic heterocycles. The molecule has 0 amide bonds. The second-order valence-electron chi connectivity index (χ2n) is 4.91. The van der Waals surface area contributed by atoms with Gasteiger partial charge >= 0.3 is 0 Å². The van der Waals surface area contributed by atoms with E-state index in [4.69, 9.17) is 4.52 Å². The average Bonchev–Trinajstić information content (AvgIpc) is 3.02. The van der Waals surface area contributed by atoms with Crippen LogP contribution in [0, 0.1) is 5.92 Å². The summed E-state index contributed by atoms with van der Waals surface area (Å²) in [6.45, 7) is 0. The van der Waals surface area contributed by atoms with Gasteiger partial charge in [-0.05, 0) is 30.9 Å². The zero-order valence-corrected chi connectivity index (χ0v) is 10.2. The Morgan fingerprint density at radius 1 is 1.39 bits per heavy atom. The van der Waals surface area contributed by atoms with Crippen LogP contribution >= 0.6 is 0 Å². The number of rotatable bonds is 3. The molecule has 0 aromatic carbocycles. The van der Waals surface area contributed by atoms with Gasteiger partial charge in [-0.15, -0.1) is 0 Å². The summed E-state index contributed by atoms with van der Waals surface area (Å²) in [5.41, 5.74) is 0.856. The van der Waals surface area contributed by atoms with Gasteiger partial charge < -0.3 is 14.6 Å². The second-order valence-corrected chi connectivity index (χ2v) is 4.91. The van der Waals surface area contributed by atoms with E-state index >= 15 is 0 Å². The number of H-pyrrole nitrogens is 1. The highest BCUT2D eigenvalue weighted by Gasteiger charge is 2.25. The average molecular weight is 247 g/mol. The molecule has 2 heterocycles. The van der Waals surface area contributed by atoms with E-state index in [9.17, 15) is 5.11 Å². The molecule has 0 spiro atoms. The Kier molecular flexibility index (Phi) is 3.15. The van der Waals surface area contributed by atoms with Crippen LogP contribution in [0.1, 0.15) is 31.6 Å². The predicted octanol–water partition coefficient (Wildman–Crippen LogP) is 2.16. The first kappa shape index (κ1) is 11.5. The largest absolute Gasteiger partial charge is 0.393 e. The fourth-order valence-corrected chi connectivity index (χ4v) is 2.57. The number of aliphatic hydroxyl groups is 1. The van der Waals surface area contributed by atoms with Crippen molar-refractivity contribution < 1.29 is 9.63 Å². The van der Waals surface area contributed by atoms with Crippen molar-refractivity contribution >= 4 is 0 Å². The van der Waals surface area contributed by atoms with Crippen LogP contribution in [0.25, 0.3) is 11.5 Å². The van der Waals surface area contributed by atoms with E-state index in [1.807, 2.05) is 18.3 Å². The first-order valence-electron chi connectivity index (χ1n) is 6.47. The van der Waals surface area contributed by atoms with Gasteiger partial charge in [-0.3, -0.25) is 0 Å². The molecule has 2 N–H and O–H groups in total. The van der Waals surface area contributed by atoms with Crippen molar-refractivity contribution in [3.05, 3.63) is 24.2 Å². The van der Waals surface area contributed by atoms with Crippen LogP contribution in [0.4, 0.5) is 0 Å². The van der Waals surface area contributed by atoms with Crippen LogP contribution in [0.15, 0.2) is 22.9 Å². The van der Waals surface area contributed by atoms with Gasteiger partial charge in [0.05, 0.1) is 11.8 Å². The molecule has 0 bridgehead atoms. The van der Waals surface area contributed by atoms with Crippen LogP contribution in [-0.4, -0.2) is 26.3 Å². The van der Waals surface area contributed by atoms with E-state index in [2.05, 4.69) is 15.1 Å². The molecule has 1 aliphatic rings. The Hall–Kier alpha value is -1.62. The Bertz CT molecular complexity index is 492. The first-order valence-corrected chi connectivity index (χ1v) is 6.47. The summed E-state index contributed by atoms with van der Waals surface area (Å²) in [4.78, 5) is 7.41. The molecule has 18 heavy (non-hydrogen) atoms. The first-order chi connectivity index (χ1) is 8.83. The highest BCUT2D eigenvalue weighted by molar-refractivity contribution is 5.47. The maximum Gasteiger partial charge on any atom is 0.227 e. The molecule has 2 aromatic rings. The topological polar surface area (TPSA) is 74.9 Å². The number of nitrogens with one attached hydrogen (secondary N) is 1. The number of aliphatic hydroxyl groups excluding tert-OH is 1. The third kappa shape index (κ3) is 2.31. The van der Waals surface area contributed by atoms with Gasteiger partial charge in [0, 0.05) is 12.6 Å². The van der Waals surface area contributed by atoms with Crippen molar-refractivity contribution in [3.8, 4) is 11.5 Å². The normalized spacial score (nSPS) is 24.3. The van der Waals surface area contributed by atoms with Crippen molar-refractivity contribution in [1.29, 1.82) is 0 Å². The Morgan fingerprint density at radius 3 is 3.06 bits per heavy atom. The summed E-state index contributed by atoms with van der Waals surface area (Å²) in [6.07, 6.45) is 6.52. The van der Waals surface area contributed by atoms with Crippen LogP contribution < -0.4 is 0 Å². The van der Waals surface area contributed by atoms with E-state index in [0.717, 1.165) is 25.0 Å². The lowest BCUT2D eigenvalue weighted by atomic mass is 9.84. The molecule has 0 radical (unpaired) electrons. The summed E-state index contributed by atoms with van der Waals surface area (Å²) in [6, 6.07) is 3.81. The van der Waals surface area contributed by atoms with E-state index in [-0.39, 0.29) is 12.0 Å². The third-order valence-electron chi connectivity index (χ3n) is 3.61. The lowest BCUT2D eigenvalue weighted by Crippen LogP contribution is -2.26. The van der Waals surface area contributed by atoms with Crippen LogP contribution in [0.5, 0.6) is 0 Å².